The maximum atomic E-state index is 5.96. The Morgan fingerprint density at radius 3 is 2.82 bits per heavy atom. The number of likely N-dealkylation sites (tertiary alicyclic amines) is 1. The van der Waals surface area contributed by atoms with Crippen LogP contribution >= 0.6 is 0 Å². The Labute approximate surface area is 132 Å². The minimum atomic E-state index is 0.448. The van der Waals surface area contributed by atoms with Crippen molar-refractivity contribution in [3.63, 3.8) is 0 Å². The highest BCUT2D eigenvalue weighted by Gasteiger charge is 2.23. The number of anilines is 1. The second kappa shape index (κ2) is 8.60. The Balaban J connectivity index is 1.83. The van der Waals surface area contributed by atoms with Gasteiger partial charge in [-0.3, -0.25) is 9.89 Å². The van der Waals surface area contributed by atoms with Crippen LogP contribution in [0.1, 0.15) is 12.8 Å². The van der Waals surface area contributed by atoms with Gasteiger partial charge in [0.1, 0.15) is 5.75 Å². The molecular formula is C16H26N4O2. The van der Waals surface area contributed by atoms with Crippen LogP contribution in [0.4, 0.5) is 5.69 Å². The fraction of sp³-hybridized carbons (Fsp3) is 0.562. The first kappa shape index (κ1) is 16.6. The number of hydrogen-bond acceptors (Lipinski definition) is 4. The van der Waals surface area contributed by atoms with Crippen molar-refractivity contribution in [2.45, 2.75) is 18.9 Å². The summed E-state index contributed by atoms with van der Waals surface area (Å²) in [5.41, 5.74) is 6.87. The molecule has 1 atom stereocenters. The molecule has 22 heavy (non-hydrogen) atoms. The van der Waals surface area contributed by atoms with E-state index in [1.807, 2.05) is 24.3 Å². The van der Waals surface area contributed by atoms with Gasteiger partial charge in [0.2, 0.25) is 0 Å². The third kappa shape index (κ3) is 4.89. The zero-order valence-electron chi connectivity index (χ0n) is 13.4. The number of aliphatic imine (C=N–C) groups is 1. The van der Waals surface area contributed by atoms with Crippen molar-refractivity contribution in [3.8, 4) is 5.75 Å². The van der Waals surface area contributed by atoms with Crippen molar-refractivity contribution in [1.82, 2.24) is 4.90 Å². The highest BCUT2D eigenvalue weighted by molar-refractivity contribution is 5.92. The zero-order chi connectivity index (χ0) is 15.8. The summed E-state index contributed by atoms with van der Waals surface area (Å²) in [7, 11) is 3.38. The van der Waals surface area contributed by atoms with Crippen LogP contribution in [0.3, 0.4) is 0 Å². The topological polar surface area (TPSA) is 72.1 Å². The number of methoxy groups -OCH3 is 2. The summed E-state index contributed by atoms with van der Waals surface area (Å²) in [5.74, 6) is 1.27. The first-order valence-electron chi connectivity index (χ1n) is 7.67. The minimum absolute atomic E-state index is 0.448. The molecule has 122 valence electrons. The van der Waals surface area contributed by atoms with Crippen LogP contribution in [-0.4, -0.2) is 57.4 Å². The minimum Gasteiger partial charge on any atom is -0.497 e. The summed E-state index contributed by atoms with van der Waals surface area (Å²) in [5, 5.41) is 3.10. The lowest BCUT2D eigenvalue weighted by atomic mass is 10.2. The van der Waals surface area contributed by atoms with Gasteiger partial charge in [0.15, 0.2) is 5.96 Å². The molecule has 1 aliphatic rings. The summed E-state index contributed by atoms with van der Waals surface area (Å²) in [6.45, 7) is 3.57. The quantitative estimate of drug-likeness (QED) is 0.590. The predicted molar refractivity (Wildman–Crippen MR) is 89.6 cm³/mol. The number of nitrogens with zero attached hydrogens (tertiary/aromatic N) is 2. The Bertz CT molecular complexity index is 476. The second-order valence-corrected chi connectivity index (χ2v) is 5.40. The van der Waals surface area contributed by atoms with Gasteiger partial charge in [0.25, 0.3) is 0 Å². The van der Waals surface area contributed by atoms with E-state index in [1.54, 1.807) is 14.2 Å². The number of benzene rings is 1. The van der Waals surface area contributed by atoms with E-state index in [9.17, 15) is 0 Å². The molecule has 1 aromatic carbocycles. The summed E-state index contributed by atoms with van der Waals surface area (Å²) < 4.78 is 10.3. The highest BCUT2D eigenvalue weighted by Crippen LogP contribution is 2.17. The molecule has 0 amide bonds. The summed E-state index contributed by atoms with van der Waals surface area (Å²) >= 11 is 0. The molecule has 1 saturated heterocycles. The monoisotopic (exact) mass is 306 g/mol. The average molecular weight is 306 g/mol. The fourth-order valence-corrected chi connectivity index (χ4v) is 2.67. The van der Waals surface area contributed by atoms with E-state index in [-0.39, 0.29) is 0 Å². The summed E-state index contributed by atoms with van der Waals surface area (Å²) in [6, 6.07) is 8.08. The molecule has 2 rings (SSSR count). The van der Waals surface area contributed by atoms with Crippen molar-refractivity contribution in [3.05, 3.63) is 24.3 Å². The highest BCUT2D eigenvalue weighted by atomic mass is 16.5. The molecule has 1 heterocycles. The number of rotatable bonds is 7. The average Bonchev–Trinajstić information content (AvgIpc) is 2.99. The van der Waals surface area contributed by atoms with Crippen molar-refractivity contribution >= 4 is 11.6 Å². The molecule has 6 nitrogen and oxygen atoms in total. The third-order valence-electron chi connectivity index (χ3n) is 3.92. The van der Waals surface area contributed by atoms with Gasteiger partial charge in [-0.25, -0.2) is 0 Å². The molecule has 1 aromatic rings. The number of ether oxygens (including phenoxy) is 2. The van der Waals surface area contributed by atoms with Crippen LogP contribution in [0.2, 0.25) is 0 Å². The Hall–Kier alpha value is -1.79. The molecule has 0 aromatic heterocycles. The van der Waals surface area contributed by atoms with Gasteiger partial charge >= 0.3 is 0 Å². The Morgan fingerprint density at radius 1 is 1.36 bits per heavy atom. The van der Waals surface area contributed by atoms with Crippen LogP contribution in [0.25, 0.3) is 0 Å². The van der Waals surface area contributed by atoms with Gasteiger partial charge in [-0.1, -0.05) is 0 Å². The van der Waals surface area contributed by atoms with Crippen LogP contribution in [0.15, 0.2) is 29.3 Å². The molecular weight excluding hydrogens is 280 g/mol. The van der Waals surface area contributed by atoms with E-state index in [1.165, 1.54) is 12.8 Å². The molecule has 0 radical (unpaired) electrons. The van der Waals surface area contributed by atoms with Crippen molar-refractivity contribution in [2.24, 2.45) is 10.7 Å². The predicted octanol–water partition coefficient (Wildman–Crippen LogP) is 1.53. The summed E-state index contributed by atoms with van der Waals surface area (Å²) in [6.07, 6.45) is 2.39. The summed E-state index contributed by atoms with van der Waals surface area (Å²) in [4.78, 5) is 6.90. The van der Waals surface area contributed by atoms with E-state index in [4.69, 9.17) is 15.2 Å². The van der Waals surface area contributed by atoms with Gasteiger partial charge in [-0.2, -0.15) is 0 Å². The van der Waals surface area contributed by atoms with Crippen LogP contribution in [0.5, 0.6) is 5.75 Å². The lowest BCUT2D eigenvalue weighted by Gasteiger charge is -2.22. The largest absolute Gasteiger partial charge is 0.497 e. The molecule has 1 unspecified atom stereocenters. The van der Waals surface area contributed by atoms with Crippen molar-refractivity contribution < 1.29 is 9.47 Å². The maximum Gasteiger partial charge on any atom is 0.193 e. The van der Waals surface area contributed by atoms with E-state index < -0.39 is 0 Å². The van der Waals surface area contributed by atoms with Gasteiger partial charge in [0, 0.05) is 25.4 Å². The lowest BCUT2D eigenvalue weighted by Crippen LogP contribution is -2.35. The van der Waals surface area contributed by atoms with Gasteiger partial charge < -0.3 is 20.5 Å². The van der Waals surface area contributed by atoms with Crippen LogP contribution in [-0.2, 0) is 4.74 Å². The van der Waals surface area contributed by atoms with Gasteiger partial charge in [-0.05, 0) is 43.7 Å². The van der Waals surface area contributed by atoms with E-state index >= 15 is 0 Å². The normalized spacial score (nSPS) is 19.4. The number of nitrogens with two attached hydrogens (primary N) is 1. The molecule has 1 aliphatic heterocycles. The van der Waals surface area contributed by atoms with E-state index in [2.05, 4.69) is 15.2 Å². The maximum absolute atomic E-state index is 5.96. The van der Waals surface area contributed by atoms with Crippen LogP contribution < -0.4 is 15.8 Å². The lowest BCUT2D eigenvalue weighted by molar-refractivity contribution is 0.143. The molecule has 0 aliphatic carbocycles. The number of guanidine groups is 1. The Morgan fingerprint density at radius 2 is 2.14 bits per heavy atom. The second-order valence-electron chi connectivity index (χ2n) is 5.40. The molecule has 0 spiro atoms. The fourth-order valence-electron chi connectivity index (χ4n) is 2.67. The van der Waals surface area contributed by atoms with E-state index in [0.717, 1.165) is 37.7 Å². The number of nitrogens with one attached hydrogen (secondary N) is 1. The first-order valence-corrected chi connectivity index (χ1v) is 7.67. The SMILES string of the molecule is COCCN1CCCC1CN=C(N)Nc1ccc(OC)cc1. The van der Waals surface area contributed by atoms with E-state index in [0.29, 0.717) is 12.0 Å². The van der Waals surface area contributed by atoms with Crippen LogP contribution in [0, 0.1) is 0 Å². The molecule has 3 N–H and O–H groups in total. The molecule has 0 saturated carbocycles. The third-order valence-corrected chi connectivity index (χ3v) is 3.92. The van der Waals surface area contributed by atoms with Crippen molar-refractivity contribution in [1.29, 1.82) is 0 Å². The first-order chi connectivity index (χ1) is 10.7. The zero-order valence-corrected chi connectivity index (χ0v) is 13.4. The van der Waals surface area contributed by atoms with Gasteiger partial charge in [0.05, 0.1) is 20.3 Å². The molecule has 0 bridgehead atoms. The van der Waals surface area contributed by atoms with Crippen molar-refractivity contribution in [2.75, 3.05) is 45.8 Å². The van der Waals surface area contributed by atoms with Gasteiger partial charge in [-0.15, -0.1) is 0 Å². The number of hydrogen-bond donors (Lipinski definition) is 2. The standard InChI is InChI=1S/C16H26N4O2/c1-21-11-10-20-9-3-4-14(20)12-18-16(17)19-13-5-7-15(22-2)8-6-13/h5-8,14H,3-4,9-12H2,1-2H3,(H3,17,18,19). The Kier molecular flexibility index (Phi) is 6.48. The smallest absolute Gasteiger partial charge is 0.193 e. The molecule has 1 fully saturated rings. The molecule has 6 heteroatoms.